The summed E-state index contributed by atoms with van der Waals surface area (Å²) in [7, 11) is 0. The lowest BCUT2D eigenvalue weighted by molar-refractivity contribution is 0.626. The minimum atomic E-state index is -0.399. The zero-order valence-corrected chi connectivity index (χ0v) is 8.70. The average molecular weight is 259 g/mol. The Kier molecular flexibility index (Phi) is 3.58. The van der Waals surface area contributed by atoms with Crippen molar-refractivity contribution in [1.29, 1.82) is 0 Å². The van der Waals surface area contributed by atoms with Crippen LogP contribution in [0.4, 0.5) is 4.39 Å². The molecule has 0 spiro atoms. The van der Waals surface area contributed by atoms with Crippen molar-refractivity contribution in [3.05, 3.63) is 34.1 Å². The number of amidine groups is 1. The second-order valence-electron chi connectivity index (χ2n) is 2.41. The molecular weight excluding hydrogens is 251 g/mol. The first-order valence-corrected chi connectivity index (χ1v) is 4.46. The number of nitrogens with zero attached hydrogens (tertiary/aromatic N) is 2. The van der Waals surface area contributed by atoms with Crippen LogP contribution in [0.1, 0.15) is 5.56 Å². The molecule has 4 nitrogen and oxygen atoms in total. The Bertz CT molecular complexity index is 369. The highest BCUT2D eigenvalue weighted by Gasteiger charge is 2.02. The number of hydrogen-bond donors (Lipinski definition) is 2. The van der Waals surface area contributed by atoms with Gasteiger partial charge in [0.25, 0.3) is 0 Å². The molecule has 0 atom stereocenters. The SMILES string of the molecule is N/C=N\N=C(/N)c1cc(F)cc(Br)c1. The number of hydrogen-bond acceptors (Lipinski definition) is 2. The molecule has 0 saturated carbocycles. The van der Waals surface area contributed by atoms with Crippen LogP contribution in [0.3, 0.4) is 0 Å². The largest absolute Gasteiger partial charge is 0.388 e. The van der Waals surface area contributed by atoms with E-state index >= 15 is 0 Å². The van der Waals surface area contributed by atoms with Crippen LogP contribution in [0.15, 0.2) is 32.9 Å². The van der Waals surface area contributed by atoms with Crippen LogP contribution in [-0.4, -0.2) is 12.2 Å². The van der Waals surface area contributed by atoms with Crippen molar-refractivity contribution in [2.45, 2.75) is 0 Å². The van der Waals surface area contributed by atoms with Crippen molar-refractivity contribution in [2.75, 3.05) is 0 Å². The number of nitrogens with two attached hydrogens (primary N) is 2. The van der Waals surface area contributed by atoms with Crippen molar-refractivity contribution in [3.8, 4) is 0 Å². The van der Waals surface area contributed by atoms with E-state index in [1.165, 1.54) is 12.1 Å². The first-order valence-electron chi connectivity index (χ1n) is 3.66. The van der Waals surface area contributed by atoms with Crippen LogP contribution in [0.5, 0.6) is 0 Å². The average Bonchev–Trinajstić information content (AvgIpc) is 2.12. The minimum Gasteiger partial charge on any atom is -0.388 e. The van der Waals surface area contributed by atoms with Gasteiger partial charge < -0.3 is 11.5 Å². The first kappa shape index (κ1) is 10.6. The maximum atomic E-state index is 12.9. The van der Waals surface area contributed by atoms with Crippen molar-refractivity contribution < 1.29 is 4.39 Å². The van der Waals surface area contributed by atoms with Gasteiger partial charge in [-0.15, -0.1) is 10.2 Å². The van der Waals surface area contributed by atoms with Gasteiger partial charge in [-0.3, -0.25) is 0 Å². The molecule has 0 aliphatic heterocycles. The summed E-state index contributed by atoms with van der Waals surface area (Å²) >= 11 is 3.14. The van der Waals surface area contributed by atoms with Crippen molar-refractivity contribution >= 4 is 28.1 Å². The second kappa shape index (κ2) is 4.71. The van der Waals surface area contributed by atoms with E-state index in [0.717, 1.165) is 6.34 Å². The Morgan fingerprint density at radius 2 is 2.14 bits per heavy atom. The van der Waals surface area contributed by atoms with Crippen molar-refractivity contribution in [1.82, 2.24) is 0 Å². The summed E-state index contributed by atoms with van der Waals surface area (Å²) in [6.45, 7) is 0. The topological polar surface area (TPSA) is 76.8 Å². The maximum Gasteiger partial charge on any atom is 0.153 e. The van der Waals surface area contributed by atoms with Crippen LogP contribution in [-0.2, 0) is 0 Å². The van der Waals surface area contributed by atoms with E-state index in [1.807, 2.05) is 0 Å². The quantitative estimate of drug-likeness (QED) is 0.475. The van der Waals surface area contributed by atoms with Gasteiger partial charge in [-0.2, -0.15) is 0 Å². The molecule has 0 amide bonds. The van der Waals surface area contributed by atoms with Crippen LogP contribution in [0, 0.1) is 5.82 Å². The molecule has 14 heavy (non-hydrogen) atoms. The van der Waals surface area contributed by atoms with Crippen LogP contribution >= 0.6 is 15.9 Å². The number of halogens is 2. The maximum absolute atomic E-state index is 12.9. The van der Waals surface area contributed by atoms with E-state index in [1.54, 1.807) is 6.07 Å². The lowest BCUT2D eigenvalue weighted by atomic mass is 10.2. The fraction of sp³-hybridized carbons (Fsp3) is 0. The molecule has 0 radical (unpaired) electrons. The highest BCUT2D eigenvalue weighted by Crippen LogP contribution is 2.14. The Labute approximate surface area is 88.6 Å². The normalized spacial score (nSPS) is 12.3. The van der Waals surface area contributed by atoms with E-state index in [-0.39, 0.29) is 5.84 Å². The van der Waals surface area contributed by atoms with E-state index in [9.17, 15) is 4.39 Å². The van der Waals surface area contributed by atoms with Crippen molar-refractivity contribution in [3.63, 3.8) is 0 Å². The zero-order valence-electron chi connectivity index (χ0n) is 7.11. The Morgan fingerprint density at radius 3 is 2.71 bits per heavy atom. The third kappa shape index (κ3) is 2.81. The zero-order chi connectivity index (χ0) is 10.6. The molecule has 0 fully saturated rings. The van der Waals surface area contributed by atoms with E-state index in [0.29, 0.717) is 10.0 Å². The van der Waals surface area contributed by atoms with Crippen LogP contribution in [0.2, 0.25) is 0 Å². The lowest BCUT2D eigenvalue weighted by Gasteiger charge is -1.99. The highest BCUT2D eigenvalue weighted by molar-refractivity contribution is 9.10. The molecule has 1 aromatic carbocycles. The molecule has 0 aliphatic carbocycles. The predicted molar refractivity (Wildman–Crippen MR) is 57.5 cm³/mol. The first-order chi connectivity index (χ1) is 6.63. The molecule has 1 rings (SSSR count). The summed E-state index contributed by atoms with van der Waals surface area (Å²) in [4.78, 5) is 0. The summed E-state index contributed by atoms with van der Waals surface area (Å²) in [5.74, 6) is -0.295. The summed E-state index contributed by atoms with van der Waals surface area (Å²) in [5.41, 5.74) is 10.9. The molecule has 1 aromatic rings. The third-order valence-electron chi connectivity index (χ3n) is 1.39. The van der Waals surface area contributed by atoms with Gasteiger partial charge in [0.1, 0.15) is 12.2 Å². The van der Waals surface area contributed by atoms with Gasteiger partial charge in [-0.05, 0) is 18.2 Å². The number of rotatable bonds is 2. The van der Waals surface area contributed by atoms with Crippen LogP contribution in [0.25, 0.3) is 0 Å². The molecule has 74 valence electrons. The molecule has 0 aromatic heterocycles. The Hall–Kier alpha value is -1.43. The van der Waals surface area contributed by atoms with Crippen LogP contribution < -0.4 is 11.5 Å². The standard InChI is InChI=1S/C8H8BrFN4/c9-6-1-5(2-7(10)3-6)8(12)14-13-4-11/h1-4H,(H2,11,13)(H2,12,14). The van der Waals surface area contributed by atoms with Gasteiger partial charge >= 0.3 is 0 Å². The molecule has 6 heteroatoms. The fourth-order valence-corrected chi connectivity index (χ4v) is 1.32. The van der Waals surface area contributed by atoms with E-state index in [4.69, 9.17) is 11.5 Å². The van der Waals surface area contributed by atoms with Crippen molar-refractivity contribution in [2.24, 2.45) is 21.7 Å². The molecule has 0 aliphatic rings. The summed E-state index contributed by atoms with van der Waals surface area (Å²) in [6.07, 6.45) is 1.00. The Morgan fingerprint density at radius 1 is 1.43 bits per heavy atom. The van der Waals surface area contributed by atoms with E-state index in [2.05, 4.69) is 26.1 Å². The highest BCUT2D eigenvalue weighted by atomic mass is 79.9. The monoisotopic (exact) mass is 258 g/mol. The van der Waals surface area contributed by atoms with Gasteiger partial charge in [0.05, 0.1) is 0 Å². The molecule has 0 bridgehead atoms. The van der Waals surface area contributed by atoms with Gasteiger partial charge in [0.15, 0.2) is 5.84 Å². The third-order valence-corrected chi connectivity index (χ3v) is 1.85. The smallest absolute Gasteiger partial charge is 0.153 e. The molecule has 4 N–H and O–H groups in total. The molecular formula is C8H8BrFN4. The summed E-state index contributed by atoms with van der Waals surface area (Å²) in [5, 5.41) is 6.93. The fourth-order valence-electron chi connectivity index (χ4n) is 0.855. The molecule has 0 heterocycles. The van der Waals surface area contributed by atoms with Gasteiger partial charge in [0, 0.05) is 10.0 Å². The second-order valence-corrected chi connectivity index (χ2v) is 3.32. The summed E-state index contributed by atoms with van der Waals surface area (Å²) < 4.78 is 13.5. The minimum absolute atomic E-state index is 0.104. The Balaban J connectivity index is 3.06. The van der Waals surface area contributed by atoms with E-state index < -0.39 is 5.82 Å². The number of benzene rings is 1. The van der Waals surface area contributed by atoms with Gasteiger partial charge in [0.2, 0.25) is 0 Å². The lowest BCUT2D eigenvalue weighted by Crippen LogP contribution is -2.13. The predicted octanol–water partition coefficient (Wildman–Crippen LogP) is 1.20. The summed E-state index contributed by atoms with van der Waals surface area (Å²) in [6, 6.07) is 4.21. The van der Waals surface area contributed by atoms with Gasteiger partial charge in [-0.25, -0.2) is 4.39 Å². The molecule has 0 saturated heterocycles. The molecule has 0 unspecified atom stereocenters. The van der Waals surface area contributed by atoms with Gasteiger partial charge in [-0.1, -0.05) is 15.9 Å².